The summed E-state index contributed by atoms with van der Waals surface area (Å²) in [7, 11) is 0. The van der Waals surface area contributed by atoms with E-state index in [1.165, 1.54) is 37.3 Å². The van der Waals surface area contributed by atoms with E-state index in [0.717, 1.165) is 0 Å². The Morgan fingerprint density at radius 3 is 2.24 bits per heavy atom. The van der Waals surface area contributed by atoms with Crippen LogP contribution >= 0.6 is 0 Å². The van der Waals surface area contributed by atoms with E-state index < -0.39 is 9.85 Å². The molecule has 0 spiro atoms. The molecule has 0 atom stereocenters. The van der Waals surface area contributed by atoms with Gasteiger partial charge in [-0.2, -0.15) is 5.10 Å². The number of benzene rings is 1. The molecule has 0 aromatic heterocycles. The minimum absolute atomic E-state index is 0.0231. The molecule has 21 heavy (non-hydrogen) atoms. The van der Waals surface area contributed by atoms with Gasteiger partial charge in [-0.1, -0.05) is 13.8 Å². The number of nitrogens with zero attached hydrogens (tertiary/aromatic N) is 3. The molecule has 0 unspecified atom stereocenters. The first kappa shape index (κ1) is 16.3. The summed E-state index contributed by atoms with van der Waals surface area (Å²) in [6, 6.07) is 5.61. The Hall–Kier alpha value is -2.77. The quantitative estimate of drug-likeness (QED) is 0.491. The molecular weight excluding hydrogens is 276 g/mol. The zero-order valence-electron chi connectivity index (χ0n) is 11.9. The van der Waals surface area contributed by atoms with Crippen molar-refractivity contribution < 1.29 is 9.85 Å². The van der Waals surface area contributed by atoms with Gasteiger partial charge in [-0.15, -0.1) is 0 Å². The molecule has 0 saturated carbocycles. The van der Waals surface area contributed by atoms with Gasteiger partial charge in [0.1, 0.15) is 5.71 Å². The smallest absolute Gasteiger partial charge is 0.278 e. The van der Waals surface area contributed by atoms with Crippen molar-refractivity contribution in [2.75, 3.05) is 5.43 Å². The molecule has 8 nitrogen and oxygen atoms in total. The number of hydrogen-bond donors (Lipinski definition) is 1. The largest absolute Gasteiger partial charge is 0.288 e. The fourth-order valence-electron chi connectivity index (χ4n) is 1.49. The second-order valence-electron chi connectivity index (χ2n) is 4.67. The van der Waals surface area contributed by atoms with Crippen molar-refractivity contribution in [3.05, 3.63) is 56.3 Å². The number of hydrogen-bond acceptors (Lipinski definition) is 6. The Labute approximate surface area is 121 Å². The molecular formula is C13H16N4O4. The molecule has 0 saturated heterocycles. The van der Waals surface area contributed by atoms with Crippen LogP contribution in [0, 0.1) is 26.1 Å². The fourth-order valence-corrected chi connectivity index (χ4v) is 1.49. The maximum Gasteiger partial charge on any atom is 0.288 e. The van der Waals surface area contributed by atoms with E-state index in [9.17, 15) is 20.2 Å². The van der Waals surface area contributed by atoms with Crippen LogP contribution in [-0.4, -0.2) is 15.6 Å². The normalized spacial score (nSPS) is 12.4. The lowest BCUT2D eigenvalue weighted by atomic mass is 10.1. The SMILES string of the molecule is CC(=N\Nc1ccc([N+](=O)[O-])cc1)/C(=C/C(C)C)[N+](=O)[O-]. The Kier molecular flexibility index (Phi) is 5.53. The Balaban J connectivity index is 2.87. The summed E-state index contributed by atoms with van der Waals surface area (Å²) < 4.78 is 0. The predicted molar refractivity (Wildman–Crippen MR) is 79.7 cm³/mol. The number of allylic oxidation sites excluding steroid dienone is 2. The zero-order valence-corrected chi connectivity index (χ0v) is 11.9. The average Bonchev–Trinajstić information content (AvgIpc) is 2.42. The molecule has 8 heteroatoms. The molecule has 0 heterocycles. The number of nitrogens with one attached hydrogen (secondary N) is 1. The lowest BCUT2D eigenvalue weighted by Gasteiger charge is -2.03. The zero-order chi connectivity index (χ0) is 16.0. The number of nitro benzene ring substituents is 1. The first-order valence-electron chi connectivity index (χ1n) is 6.22. The second kappa shape index (κ2) is 7.13. The van der Waals surface area contributed by atoms with Crippen LogP contribution < -0.4 is 5.43 Å². The molecule has 0 bridgehead atoms. The van der Waals surface area contributed by atoms with Gasteiger partial charge in [0.05, 0.1) is 15.5 Å². The number of hydrazone groups is 1. The van der Waals surface area contributed by atoms with Crippen molar-refractivity contribution in [3.63, 3.8) is 0 Å². The molecule has 1 rings (SSSR count). The Morgan fingerprint density at radius 1 is 1.24 bits per heavy atom. The van der Waals surface area contributed by atoms with Gasteiger partial charge in [0.2, 0.25) is 0 Å². The highest BCUT2D eigenvalue weighted by Crippen LogP contribution is 2.15. The van der Waals surface area contributed by atoms with Crippen LogP contribution in [0.5, 0.6) is 0 Å². The van der Waals surface area contributed by atoms with Crippen molar-refractivity contribution in [2.45, 2.75) is 20.8 Å². The summed E-state index contributed by atoms with van der Waals surface area (Å²) in [5.41, 5.74) is 3.27. The van der Waals surface area contributed by atoms with Gasteiger partial charge in [0, 0.05) is 12.1 Å². The lowest BCUT2D eigenvalue weighted by molar-refractivity contribution is -0.415. The third kappa shape index (κ3) is 5.01. The molecule has 1 aromatic carbocycles. The first-order valence-corrected chi connectivity index (χ1v) is 6.22. The summed E-state index contributed by atoms with van der Waals surface area (Å²) in [4.78, 5) is 20.5. The van der Waals surface area contributed by atoms with Crippen LogP contribution in [0.1, 0.15) is 20.8 Å². The summed E-state index contributed by atoms with van der Waals surface area (Å²) >= 11 is 0. The van der Waals surface area contributed by atoms with Crippen molar-refractivity contribution in [1.29, 1.82) is 0 Å². The molecule has 1 N–H and O–H groups in total. The van der Waals surface area contributed by atoms with Crippen LogP contribution in [-0.2, 0) is 0 Å². The minimum Gasteiger partial charge on any atom is -0.278 e. The topological polar surface area (TPSA) is 111 Å². The van der Waals surface area contributed by atoms with Gasteiger partial charge in [-0.05, 0) is 31.1 Å². The lowest BCUT2D eigenvalue weighted by Crippen LogP contribution is -2.11. The van der Waals surface area contributed by atoms with E-state index in [-0.39, 0.29) is 23.0 Å². The Bertz CT molecular complexity index is 591. The van der Waals surface area contributed by atoms with E-state index in [2.05, 4.69) is 10.5 Å². The van der Waals surface area contributed by atoms with Gasteiger partial charge >= 0.3 is 0 Å². The van der Waals surface area contributed by atoms with Crippen molar-refractivity contribution in [3.8, 4) is 0 Å². The highest BCUT2D eigenvalue weighted by atomic mass is 16.6. The van der Waals surface area contributed by atoms with E-state index in [1.54, 1.807) is 0 Å². The molecule has 0 aliphatic heterocycles. The maximum atomic E-state index is 11.0. The third-order valence-corrected chi connectivity index (χ3v) is 2.49. The standard InChI is InChI=1S/C13H16N4O4/c1-9(2)8-13(17(20)21)10(3)14-15-11-4-6-12(7-5-11)16(18)19/h4-9,15H,1-3H3/b13-8-,14-10+. The number of nitro groups is 2. The molecule has 0 fully saturated rings. The third-order valence-electron chi connectivity index (χ3n) is 2.49. The summed E-state index contributed by atoms with van der Waals surface area (Å²) in [6.45, 7) is 5.19. The maximum absolute atomic E-state index is 11.0. The van der Waals surface area contributed by atoms with Crippen LogP contribution in [0.4, 0.5) is 11.4 Å². The van der Waals surface area contributed by atoms with Gasteiger partial charge < -0.3 is 0 Å². The van der Waals surface area contributed by atoms with E-state index in [1.807, 2.05) is 13.8 Å². The molecule has 0 aliphatic rings. The highest BCUT2D eigenvalue weighted by molar-refractivity contribution is 5.96. The summed E-state index contributed by atoms with van der Waals surface area (Å²) in [5.74, 6) is 0.0231. The van der Waals surface area contributed by atoms with Crippen LogP contribution in [0.3, 0.4) is 0 Å². The van der Waals surface area contributed by atoms with Crippen LogP contribution in [0.15, 0.2) is 41.1 Å². The van der Waals surface area contributed by atoms with Gasteiger partial charge in [-0.3, -0.25) is 25.7 Å². The molecule has 0 radical (unpaired) electrons. The van der Waals surface area contributed by atoms with Crippen molar-refractivity contribution in [1.82, 2.24) is 0 Å². The fraction of sp³-hybridized carbons (Fsp3) is 0.308. The number of anilines is 1. The predicted octanol–water partition coefficient (Wildman–Crippen LogP) is 3.20. The second-order valence-corrected chi connectivity index (χ2v) is 4.67. The number of rotatable bonds is 6. The molecule has 0 amide bonds. The summed E-state index contributed by atoms with van der Waals surface area (Å²) in [5, 5.41) is 25.4. The summed E-state index contributed by atoms with van der Waals surface area (Å²) in [6.07, 6.45) is 1.51. The molecule has 0 aliphatic carbocycles. The van der Waals surface area contributed by atoms with E-state index in [0.29, 0.717) is 5.69 Å². The van der Waals surface area contributed by atoms with Crippen LogP contribution in [0.25, 0.3) is 0 Å². The van der Waals surface area contributed by atoms with Gasteiger partial charge in [0.25, 0.3) is 11.4 Å². The highest BCUT2D eigenvalue weighted by Gasteiger charge is 2.15. The van der Waals surface area contributed by atoms with Crippen LogP contribution in [0.2, 0.25) is 0 Å². The monoisotopic (exact) mass is 292 g/mol. The average molecular weight is 292 g/mol. The Morgan fingerprint density at radius 2 is 1.81 bits per heavy atom. The first-order chi connectivity index (χ1) is 9.81. The van der Waals surface area contributed by atoms with E-state index >= 15 is 0 Å². The van der Waals surface area contributed by atoms with Gasteiger partial charge in [0.15, 0.2) is 0 Å². The molecule has 112 valence electrons. The van der Waals surface area contributed by atoms with Gasteiger partial charge in [-0.25, -0.2) is 0 Å². The van der Waals surface area contributed by atoms with Crippen molar-refractivity contribution >= 4 is 17.1 Å². The van der Waals surface area contributed by atoms with E-state index in [4.69, 9.17) is 0 Å². The molecule has 1 aromatic rings. The number of non-ortho nitro benzene ring substituents is 1. The van der Waals surface area contributed by atoms with Crippen molar-refractivity contribution in [2.24, 2.45) is 11.0 Å². The minimum atomic E-state index is -0.505.